The summed E-state index contributed by atoms with van der Waals surface area (Å²) in [6.07, 6.45) is 0. The Balaban J connectivity index is 1.38. The van der Waals surface area contributed by atoms with Crippen molar-refractivity contribution in [3.8, 4) is 17.1 Å². The molecule has 0 spiro atoms. The van der Waals surface area contributed by atoms with E-state index >= 15 is 0 Å². The molecule has 2 aromatic carbocycles. The van der Waals surface area contributed by atoms with E-state index in [4.69, 9.17) is 9.26 Å². The average Bonchev–Trinajstić information content (AvgIpc) is 3.37. The van der Waals surface area contributed by atoms with Crippen molar-refractivity contribution in [1.82, 2.24) is 20.3 Å². The van der Waals surface area contributed by atoms with E-state index in [-0.39, 0.29) is 0 Å². The minimum atomic E-state index is 0.530. The Kier molecular flexibility index (Phi) is 5.54. The third-order valence-electron chi connectivity index (χ3n) is 3.85. The number of benzene rings is 2. The average molecular weight is 412 g/mol. The van der Waals surface area contributed by atoms with Crippen LogP contribution in [0.2, 0.25) is 0 Å². The Morgan fingerprint density at radius 3 is 2.75 bits per heavy atom. The molecule has 0 aliphatic heterocycles. The van der Waals surface area contributed by atoms with Crippen molar-refractivity contribution in [1.29, 1.82) is 0 Å². The van der Waals surface area contributed by atoms with E-state index in [0.29, 0.717) is 22.6 Å². The summed E-state index contributed by atoms with van der Waals surface area (Å²) in [7, 11) is 1.64. The molecule has 2 heterocycles. The maximum Gasteiger partial charge on any atom is 0.237 e. The molecule has 0 aliphatic rings. The van der Waals surface area contributed by atoms with Gasteiger partial charge < -0.3 is 14.6 Å². The highest BCUT2D eigenvalue weighted by Gasteiger charge is 2.12. The molecule has 28 heavy (non-hydrogen) atoms. The number of nitrogens with one attached hydrogen (secondary N) is 1. The zero-order chi connectivity index (χ0) is 19.3. The summed E-state index contributed by atoms with van der Waals surface area (Å²) < 4.78 is 11.5. The lowest BCUT2D eigenvalue weighted by Gasteiger charge is -2.07. The first kappa shape index (κ1) is 18.5. The summed E-state index contributed by atoms with van der Waals surface area (Å²) in [6.45, 7) is 2.04. The van der Waals surface area contributed by atoms with Crippen LogP contribution in [0.1, 0.15) is 11.5 Å². The second kappa shape index (κ2) is 8.41. The molecular formula is C19H17N5O2S2. The van der Waals surface area contributed by atoms with E-state index in [0.717, 1.165) is 21.3 Å². The van der Waals surface area contributed by atoms with Crippen molar-refractivity contribution >= 4 is 33.9 Å². The van der Waals surface area contributed by atoms with E-state index in [1.807, 2.05) is 55.5 Å². The molecule has 9 heteroatoms. The highest BCUT2D eigenvalue weighted by molar-refractivity contribution is 8.00. The van der Waals surface area contributed by atoms with Crippen LogP contribution in [0.5, 0.6) is 5.75 Å². The number of rotatable bonds is 7. The number of methoxy groups -OCH3 is 1. The number of hydrogen-bond donors (Lipinski definition) is 1. The standard InChI is InChI=1S/C19H17N5O2S2/c1-12-7-9-13(10-8-12)17-21-16(26-24-17)11-27-19-23-22-18(28-19)20-14-5-3-4-6-15(14)25-2/h3-10H,11H2,1-2H3,(H,20,22). The molecule has 0 amide bonds. The zero-order valence-corrected chi connectivity index (χ0v) is 16.9. The normalized spacial score (nSPS) is 10.8. The number of para-hydroxylation sites is 2. The molecule has 142 valence electrons. The SMILES string of the molecule is COc1ccccc1Nc1nnc(SCc2nc(-c3ccc(C)cc3)no2)s1. The molecule has 0 unspecified atom stereocenters. The number of aryl methyl sites for hydroxylation is 1. The molecule has 0 saturated carbocycles. The first-order chi connectivity index (χ1) is 13.7. The lowest BCUT2D eigenvalue weighted by Crippen LogP contribution is -1.93. The molecule has 0 radical (unpaired) electrons. The maximum absolute atomic E-state index is 5.35. The summed E-state index contributed by atoms with van der Waals surface area (Å²) in [5.74, 6) is 2.42. The van der Waals surface area contributed by atoms with Gasteiger partial charge in [-0.15, -0.1) is 10.2 Å². The van der Waals surface area contributed by atoms with E-state index in [1.165, 1.54) is 28.7 Å². The lowest BCUT2D eigenvalue weighted by molar-refractivity contribution is 0.391. The number of ether oxygens (including phenoxy) is 1. The van der Waals surface area contributed by atoms with Crippen LogP contribution in [-0.2, 0) is 5.75 Å². The Labute approximate surface area is 170 Å². The van der Waals surface area contributed by atoms with E-state index in [2.05, 4.69) is 25.7 Å². The second-order valence-electron chi connectivity index (χ2n) is 5.86. The number of thioether (sulfide) groups is 1. The summed E-state index contributed by atoms with van der Waals surface area (Å²) in [6, 6.07) is 15.7. The Hall–Kier alpha value is -2.91. The fraction of sp³-hybridized carbons (Fsp3) is 0.158. The van der Waals surface area contributed by atoms with E-state index < -0.39 is 0 Å². The number of nitrogens with zero attached hydrogens (tertiary/aromatic N) is 4. The highest BCUT2D eigenvalue weighted by atomic mass is 32.2. The molecule has 0 atom stereocenters. The molecule has 2 aromatic heterocycles. The number of hydrogen-bond acceptors (Lipinski definition) is 9. The Morgan fingerprint density at radius 1 is 1.11 bits per heavy atom. The predicted molar refractivity (Wildman–Crippen MR) is 110 cm³/mol. The summed E-state index contributed by atoms with van der Waals surface area (Å²) in [4.78, 5) is 4.45. The van der Waals surface area contributed by atoms with Gasteiger partial charge in [0.05, 0.1) is 18.6 Å². The molecule has 0 bridgehead atoms. The molecule has 0 aliphatic carbocycles. The fourth-order valence-electron chi connectivity index (χ4n) is 2.44. The lowest BCUT2D eigenvalue weighted by atomic mass is 10.1. The van der Waals surface area contributed by atoms with E-state index in [9.17, 15) is 0 Å². The molecule has 4 aromatic rings. The minimum absolute atomic E-state index is 0.530. The van der Waals surface area contributed by atoms with Crippen molar-refractivity contribution in [3.63, 3.8) is 0 Å². The van der Waals surface area contributed by atoms with Crippen molar-refractivity contribution in [2.75, 3.05) is 12.4 Å². The number of anilines is 2. The van der Waals surface area contributed by atoms with Gasteiger partial charge >= 0.3 is 0 Å². The Morgan fingerprint density at radius 2 is 1.93 bits per heavy atom. The smallest absolute Gasteiger partial charge is 0.237 e. The quantitative estimate of drug-likeness (QED) is 0.428. The van der Waals surface area contributed by atoms with Crippen molar-refractivity contribution in [2.24, 2.45) is 0 Å². The van der Waals surface area contributed by atoms with Gasteiger partial charge in [0.1, 0.15) is 5.75 Å². The molecule has 4 rings (SSSR count). The highest BCUT2D eigenvalue weighted by Crippen LogP contribution is 2.32. The summed E-state index contributed by atoms with van der Waals surface area (Å²) in [5.41, 5.74) is 2.97. The van der Waals surface area contributed by atoms with Gasteiger partial charge in [-0.3, -0.25) is 0 Å². The van der Waals surface area contributed by atoms with Gasteiger partial charge in [0.25, 0.3) is 0 Å². The van der Waals surface area contributed by atoms with Crippen LogP contribution >= 0.6 is 23.1 Å². The van der Waals surface area contributed by atoms with Gasteiger partial charge in [-0.2, -0.15) is 4.98 Å². The van der Waals surface area contributed by atoms with Crippen molar-refractivity contribution in [2.45, 2.75) is 17.0 Å². The van der Waals surface area contributed by atoms with E-state index in [1.54, 1.807) is 7.11 Å². The largest absolute Gasteiger partial charge is 0.495 e. The predicted octanol–water partition coefficient (Wildman–Crippen LogP) is 4.94. The Bertz CT molecular complexity index is 1060. The molecule has 0 saturated heterocycles. The first-order valence-corrected chi connectivity index (χ1v) is 10.3. The van der Waals surface area contributed by atoms with Gasteiger partial charge in [0, 0.05) is 5.56 Å². The first-order valence-electron chi connectivity index (χ1n) is 8.47. The maximum atomic E-state index is 5.35. The molecule has 0 fully saturated rings. The van der Waals surface area contributed by atoms with Crippen LogP contribution in [-0.4, -0.2) is 27.4 Å². The van der Waals surface area contributed by atoms with Gasteiger partial charge in [0.2, 0.25) is 16.8 Å². The van der Waals surface area contributed by atoms with Crippen LogP contribution < -0.4 is 10.1 Å². The molecular weight excluding hydrogens is 394 g/mol. The summed E-state index contributed by atoms with van der Waals surface area (Å²) >= 11 is 2.96. The topological polar surface area (TPSA) is 86.0 Å². The summed E-state index contributed by atoms with van der Waals surface area (Å²) in [5, 5.41) is 16.3. The van der Waals surface area contributed by atoms with Crippen LogP contribution in [0.4, 0.5) is 10.8 Å². The van der Waals surface area contributed by atoms with Gasteiger partial charge in [-0.25, -0.2) is 0 Å². The molecule has 7 nitrogen and oxygen atoms in total. The molecule has 1 N–H and O–H groups in total. The van der Waals surface area contributed by atoms with Crippen LogP contribution in [0.15, 0.2) is 57.4 Å². The monoisotopic (exact) mass is 411 g/mol. The van der Waals surface area contributed by atoms with Crippen molar-refractivity contribution < 1.29 is 9.26 Å². The van der Waals surface area contributed by atoms with Crippen LogP contribution in [0, 0.1) is 6.92 Å². The third kappa shape index (κ3) is 4.32. The van der Waals surface area contributed by atoms with Crippen LogP contribution in [0.25, 0.3) is 11.4 Å². The zero-order valence-electron chi connectivity index (χ0n) is 15.2. The number of aromatic nitrogens is 4. The van der Waals surface area contributed by atoms with Gasteiger partial charge in [-0.05, 0) is 19.1 Å². The third-order valence-corrected chi connectivity index (χ3v) is 5.81. The van der Waals surface area contributed by atoms with Gasteiger partial charge in [-0.1, -0.05) is 70.2 Å². The van der Waals surface area contributed by atoms with Crippen LogP contribution in [0.3, 0.4) is 0 Å². The fourth-order valence-corrected chi connectivity index (χ4v) is 4.04. The van der Waals surface area contributed by atoms with Gasteiger partial charge in [0.15, 0.2) is 4.34 Å². The minimum Gasteiger partial charge on any atom is -0.495 e. The second-order valence-corrected chi connectivity index (χ2v) is 8.06. The van der Waals surface area contributed by atoms with Crippen molar-refractivity contribution in [3.05, 3.63) is 60.0 Å².